The Morgan fingerprint density at radius 2 is 2.14 bits per heavy atom. The van der Waals surface area contributed by atoms with Crippen molar-refractivity contribution in [3.05, 3.63) is 35.1 Å². The fourth-order valence-electron chi connectivity index (χ4n) is 1.84. The maximum absolute atomic E-state index is 13.1. The van der Waals surface area contributed by atoms with E-state index in [1.54, 1.807) is 12.1 Å². The number of halogens is 1. The molecular formula is C12H16FN. The van der Waals surface area contributed by atoms with Crippen molar-refractivity contribution in [2.75, 3.05) is 7.05 Å². The van der Waals surface area contributed by atoms with Crippen LogP contribution in [0.3, 0.4) is 0 Å². The van der Waals surface area contributed by atoms with Gasteiger partial charge in [0.25, 0.3) is 0 Å². The topological polar surface area (TPSA) is 12.0 Å². The second-order valence-electron chi connectivity index (χ2n) is 4.06. The summed E-state index contributed by atoms with van der Waals surface area (Å²) in [5.41, 5.74) is 2.45. The predicted octanol–water partition coefficient (Wildman–Crippen LogP) is 2.98. The van der Waals surface area contributed by atoms with E-state index in [1.165, 1.54) is 24.0 Å². The number of hydrogen-bond acceptors (Lipinski definition) is 1. The van der Waals surface area contributed by atoms with E-state index >= 15 is 0 Å². The van der Waals surface area contributed by atoms with E-state index in [-0.39, 0.29) is 5.82 Å². The highest BCUT2D eigenvalue weighted by atomic mass is 19.1. The molecular weight excluding hydrogens is 177 g/mol. The molecule has 14 heavy (non-hydrogen) atoms. The molecule has 2 heteroatoms. The molecule has 1 unspecified atom stereocenters. The Kier molecular flexibility index (Phi) is 2.55. The van der Waals surface area contributed by atoms with Crippen LogP contribution in [0.1, 0.15) is 42.9 Å². The monoisotopic (exact) mass is 193 g/mol. The van der Waals surface area contributed by atoms with Gasteiger partial charge in [-0.05, 0) is 56.0 Å². The summed E-state index contributed by atoms with van der Waals surface area (Å²) in [5.74, 6) is 0.496. The third kappa shape index (κ3) is 1.80. The van der Waals surface area contributed by atoms with Crippen molar-refractivity contribution in [1.29, 1.82) is 0 Å². The minimum atomic E-state index is -0.112. The molecule has 0 aromatic heterocycles. The maximum atomic E-state index is 13.1. The van der Waals surface area contributed by atoms with Gasteiger partial charge in [-0.1, -0.05) is 6.07 Å². The van der Waals surface area contributed by atoms with E-state index in [2.05, 4.69) is 12.2 Å². The van der Waals surface area contributed by atoms with Gasteiger partial charge in [0.2, 0.25) is 0 Å². The standard InChI is InChI=1S/C12H16FN/c1-8(14-2)11-6-5-10(13)7-12(11)9-3-4-9/h5-9,14H,3-4H2,1-2H3. The Bertz CT molecular complexity index is 331. The highest BCUT2D eigenvalue weighted by molar-refractivity contribution is 5.35. The Morgan fingerprint density at radius 3 is 2.71 bits per heavy atom. The van der Waals surface area contributed by atoms with Gasteiger partial charge >= 0.3 is 0 Å². The fourth-order valence-corrected chi connectivity index (χ4v) is 1.84. The summed E-state index contributed by atoms with van der Waals surface area (Å²) in [4.78, 5) is 0. The molecule has 0 bridgehead atoms. The van der Waals surface area contributed by atoms with Crippen molar-refractivity contribution in [2.24, 2.45) is 0 Å². The van der Waals surface area contributed by atoms with Gasteiger partial charge in [-0.2, -0.15) is 0 Å². The van der Waals surface area contributed by atoms with Gasteiger partial charge < -0.3 is 5.32 Å². The SMILES string of the molecule is CNC(C)c1ccc(F)cc1C1CC1. The van der Waals surface area contributed by atoms with Crippen LogP contribution in [0.2, 0.25) is 0 Å². The molecule has 0 spiro atoms. The third-order valence-electron chi connectivity index (χ3n) is 2.97. The van der Waals surface area contributed by atoms with Crippen molar-refractivity contribution >= 4 is 0 Å². The van der Waals surface area contributed by atoms with Crippen molar-refractivity contribution in [1.82, 2.24) is 5.32 Å². The molecule has 1 aromatic rings. The lowest BCUT2D eigenvalue weighted by molar-refractivity contribution is 0.612. The molecule has 0 amide bonds. The highest BCUT2D eigenvalue weighted by Gasteiger charge is 2.27. The number of rotatable bonds is 3. The lowest BCUT2D eigenvalue weighted by Crippen LogP contribution is -2.14. The van der Waals surface area contributed by atoms with Crippen LogP contribution in [0.4, 0.5) is 4.39 Å². The highest BCUT2D eigenvalue weighted by Crippen LogP contribution is 2.43. The zero-order chi connectivity index (χ0) is 10.1. The molecule has 76 valence electrons. The zero-order valence-corrected chi connectivity index (χ0v) is 8.68. The molecule has 2 rings (SSSR count). The summed E-state index contributed by atoms with van der Waals surface area (Å²) in [5, 5.41) is 3.20. The first-order valence-electron chi connectivity index (χ1n) is 5.19. The number of hydrogen-bond donors (Lipinski definition) is 1. The lowest BCUT2D eigenvalue weighted by atomic mass is 9.98. The van der Waals surface area contributed by atoms with Crippen molar-refractivity contribution in [3.63, 3.8) is 0 Å². The maximum Gasteiger partial charge on any atom is 0.123 e. The van der Waals surface area contributed by atoms with Gasteiger partial charge in [-0.15, -0.1) is 0 Å². The summed E-state index contributed by atoms with van der Waals surface area (Å²) in [6, 6.07) is 5.46. The van der Waals surface area contributed by atoms with Crippen LogP contribution in [0.5, 0.6) is 0 Å². The van der Waals surface area contributed by atoms with Gasteiger partial charge in [0, 0.05) is 6.04 Å². The Balaban J connectivity index is 2.37. The summed E-state index contributed by atoms with van der Waals surface area (Å²) in [6.45, 7) is 2.11. The van der Waals surface area contributed by atoms with E-state index in [9.17, 15) is 4.39 Å². The fraction of sp³-hybridized carbons (Fsp3) is 0.500. The summed E-state index contributed by atoms with van der Waals surface area (Å²) >= 11 is 0. The summed E-state index contributed by atoms with van der Waals surface area (Å²) in [7, 11) is 1.94. The Morgan fingerprint density at radius 1 is 1.43 bits per heavy atom. The zero-order valence-electron chi connectivity index (χ0n) is 8.68. The van der Waals surface area contributed by atoms with E-state index in [1.807, 2.05) is 13.1 Å². The van der Waals surface area contributed by atoms with Crippen LogP contribution in [-0.4, -0.2) is 7.05 Å². The summed E-state index contributed by atoms with van der Waals surface area (Å²) < 4.78 is 13.1. The van der Waals surface area contributed by atoms with Crippen LogP contribution in [-0.2, 0) is 0 Å². The van der Waals surface area contributed by atoms with Gasteiger partial charge in [-0.25, -0.2) is 4.39 Å². The van der Waals surface area contributed by atoms with Crippen LogP contribution in [0, 0.1) is 5.82 Å². The largest absolute Gasteiger partial charge is 0.313 e. The van der Waals surface area contributed by atoms with Gasteiger partial charge in [-0.3, -0.25) is 0 Å². The average molecular weight is 193 g/mol. The van der Waals surface area contributed by atoms with Crippen molar-refractivity contribution in [3.8, 4) is 0 Å². The third-order valence-corrected chi connectivity index (χ3v) is 2.97. The minimum absolute atomic E-state index is 0.112. The predicted molar refractivity (Wildman–Crippen MR) is 55.8 cm³/mol. The van der Waals surface area contributed by atoms with E-state index in [4.69, 9.17) is 0 Å². The quantitative estimate of drug-likeness (QED) is 0.778. The van der Waals surface area contributed by atoms with Gasteiger partial charge in [0.15, 0.2) is 0 Å². The molecule has 1 nitrogen and oxygen atoms in total. The summed E-state index contributed by atoms with van der Waals surface area (Å²) in [6.07, 6.45) is 2.43. The molecule has 0 heterocycles. The normalized spacial score (nSPS) is 18.2. The molecule has 0 saturated heterocycles. The number of benzene rings is 1. The van der Waals surface area contributed by atoms with E-state index < -0.39 is 0 Å². The smallest absolute Gasteiger partial charge is 0.123 e. The first-order chi connectivity index (χ1) is 6.72. The molecule has 1 aliphatic rings. The first-order valence-corrected chi connectivity index (χ1v) is 5.19. The average Bonchev–Trinajstić information content (AvgIpc) is 3.00. The van der Waals surface area contributed by atoms with Crippen LogP contribution in [0.15, 0.2) is 18.2 Å². The Labute approximate surface area is 84.3 Å². The van der Waals surface area contributed by atoms with Crippen LogP contribution >= 0.6 is 0 Å². The van der Waals surface area contributed by atoms with Gasteiger partial charge in [0.05, 0.1) is 0 Å². The van der Waals surface area contributed by atoms with Crippen molar-refractivity contribution < 1.29 is 4.39 Å². The number of nitrogens with one attached hydrogen (secondary N) is 1. The minimum Gasteiger partial charge on any atom is -0.313 e. The second kappa shape index (κ2) is 3.70. The molecule has 1 aromatic carbocycles. The molecule has 0 radical (unpaired) electrons. The van der Waals surface area contributed by atoms with E-state index in [0.717, 1.165) is 0 Å². The first kappa shape index (κ1) is 9.66. The molecule has 1 N–H and O–H groups in total. The van der Waals surface area contributed by atoms with Crippen LogP contribution < -0.4 is 5.32 Å². The van der Waals surface area contributed by atoms with Crippen LogP contribution in [0.25, 0.3) is 0 Å². The molecule has 1 fully saturated rings. The lowest BCUT2D eigenvalue weighted by Gasteiger charge is -2.15. The second-order valence-corrected chi connectivity index (χ2v) is 4.06. The van der Waals surface area contributed by atoms with Crippen molar-refractivity contribution in [2.45, 2.75) is 31.7 Å². The molecule has 1 atom stereocenters. The Hall–Kier alpha value is -0.890. The van der Waals surface area contributed by atoms with Gasteiger partial charge in [0.1, 0.15) is 5.82 Å². The molecule has 0 aliphatic heterocycles. The molecule has 1 aliphatic carbocycles. The molecule has 1 saturated carbocycles. The van der Waals surface area contributed by atoms with E-state index in [0.29, 0.717) is 12.0 Å².